The van der Waals surface area contributed by atoms with E-state index in [9.17, 15) is 8.42 Å². The number of alkyl halides is 1. The highest BCUT2D eigenvalue weighted by molar-refractivity contribution is 9.09. The van der Waals surface area contributed by atoms with Crippen molar-refractivity contribution in [2.45, 2.75) is 52.3 Å². The standard InChI is InChI=1S/C12H26BrNO2S/c1-10(2)8-11(13)9-14-17(15,16)7-6-12(3,4)5/h10-11,14H,6-9H2,1-5H3. The van der Waals surface area contributed by atoms with Crippen LogP contribution in [0.3, 0.4) is 0 Å². The molecular formula is C12H26BrNO2S. The summed E-state index contributed by atoms with van der Waals surface area (Å²) in [4.78, 5) is 0.215. The van der Waals surface area contributed by atoms with Gasteiger partial charge in [-0.2, -0.15) is 0 Å². The predicted molar refractivity (Wildman–Crippen MR) is 78.0 cm³/mol. The fraction of sp³-hybridized carbons (Fsp3) is 1.00. The van der Waals surface area contributed by atoms with E-state index in [0.717, 1.165) is 6.42 Å². The molecule has 17 heavy (non-hydrogen) atoms. The van der Waals surface area contributed by atoms with Crippen LogP contribution in [0.5, 0.6) is 0 Å². The maximum atomic E-state index is 11.7. The number of nitrogens with one attached hydrogen (secondary N) is 1. The van der Waals surface area contributed by atoms with Crippen molar-refractivity contribution >= 4 is 26.0 Å². The second kappa shape index (κ2) is 7.10. The zero-order valence-corrected chi connectivity index (χ0v) is 14.0. The zero-order chi connectivity index (χ0) is 13.7. The van der Waals surface area contributed by atoms with E-state index in [1.165, 1.54) is 0 Å². The quantitative estimate of drug-likeness (QED) is 0.730. The van der Waals surface area contributed by atoms with Gasteiger partial charge in [0.1, 0.15) is 0 Å². The van der Waals surface area contributed by atoms with Gasteiger partial charge in [-0.25, -0.2) is 13.1 Å². The summed E-state index contributed by atoms with van der Waals surface area (Å²) in [7, 11) is -3.13. The van der Waals surface area contributed by atoms with E-state index in [1.54, 1.807) is 0 Å². The summed E-state index contributed by atoms with van der Waals surface area (Å²) in [5.74, 6) is 0.774. The fourth-order valence-electron chi connectivity index (χ4n) is 1.32. The first-order valence-corrected chi connectivity index (χ1v) is 8.70. The molecule has 104 valence electrons. The van der Waals surface area contributed by atoms with E-state index in [0.29, 0.717) is 18.9 Å². The van der Waals surface area contributed by atoms with Crippen LogP contribution in [0.25, 0.3) is 0 Å². The zero-order valence-electron chi connectivity index (χ0n) is 11.6. The summed E-state index contributed by atoms with van der Waals surface area (Å²) < 4.78 is 26.1. The summed E-state index contributed by atoms with van der Waals surface area (Å²) >= 11 is 3.49. The van der Waals surface area contributed by atoms with Crippen molar-refractivity contribution in [3.05, 3.63) is 0 Å². The SMILES string of the molecule is CC(C)CC(Br)CNS(=O)(=O)CCC(C)(C)C. The highest BCUT2D eigenvalue weighted by Gasteiger charge is 2.18. The molecular weight excluding hydrogens is 302 g/mol. The average molecular weight is 328 g/mol. The molecule has 0 aliphatic carbocycles. The van der Waals surface area contributed by atoms with Crippen LogP contribution >= 0.6 is 15.9 Å². The second-order valence-electron chi connectivity index (χ2n) is 6.20. The van der Waals surface area contributed by atoms with Crippen molar-refractivity contribution in [2.75, 3.05) is 12.3 Å². The lowest BCUT2D eigenvalue weighted by Gasteiger charge is -2.18. The Kier molecular flexibility index (Phi) is 7.26. The first-order valence-electron chi connectivity index (χ1n) is 6.13. The van der Waals surface area contributed by atoms with Gasteiger partial charge in [0.25, 0.3) is 0 Å². The van der Waals surface area contributed by atoms with E-state index in [2.05, 4.69) is 55.3 Å². The second-order valence-corrected chi connectivity index (χ2v) is 9.43. The van der Waals surface area contributed by atoms with E-state index in [4.69, 9.17) is 0 Å². The molecule has 0 heterocycles. The number of hydrogen-bond acceptors (Lipinski definition) is 2. The molecule has 0 aromatic heterocycles. The van der Waals surface area contributed by atoms with Crippen molar-refractivity contribution in [3.8, 4) is 0 Å². The summed E-state index contributed by atoms with van der Waals surface area (Å²) in [6, 6.07) is 0. The molecule has 0 spiro atoms. The molecule has 0 aromatic carbocycles. The van der Waals surface area contributed by atoms with Crippen molar-refractivity contribution in [1.82, 2.24) is 4.72 Å². The lowest BCUT2D eigenvalue weighted by Crippen LogP contribution is -2.33. The van der Waals surface area contributed by atoms with Gasteiger partial charge in [-0.05, 0) is 24.2 Å². The third-order valence-corrected chi connectivity index (χ3v) is 4.42. The molecule has 0 aliphatic heterocycles. The van der Waals surface area contributed by atoms with Crippen LogP contribution in [0.1, 0.15) is 47.5 Å². The van der Waals surface area contributed by atoms with Gasteiger partial charge in [0, 0.05) is 11.4 Å². The molecule has 5 heteroatoms. The topological polar surface area (TPSA) is 46.2 Å². The summed E-state index contributed by atoms with van der Waals surface area (Å²) in [5.41, 5.74) is 0.0560. The Morgan fingerprint density at radius 2 is 1.76 bits per heavy atom. The smallest absolute Gasteiger partial charge is 0.211 e. The molecule has 0 amide bonds. The minimum absolute atomic E-state index is 0.0560. The number of hydrogen-bond donors (Lipinski definition) is 1. The minimum atomic E-state index is -3.13. The molecule has 0 aliphatic rings. The molecule has 1 atom stereocenters. The van der Waals surface area contributed by atoms with Gasteiger partial charge < -0.3 is 0 Å². The maximum Gasteiger partial charge on any atom is 0.211 e. The van der Waals surface area contributed by atoms with Crippen LogP contribution in [-0.4, -0.2) is 25.5 Å². The molecule has 3 nitrogen and oxygen atoms in total. The lowest BCUT2D eigenvalue weighted by molar-refractivity contribution is 0.396. The van der Waals surface area contributed by atoms with Gasteiger partial charge in [-0.15, -0.1) is 0 Å². The Bertz CT molecular complexity index is 307. The molecule has 1 unspecified atom stereocenters. The summed E-state index contributed by atoms with van der Waals surface area (Å²) in [6.07, 6.45) is 1.65. The fourth-order valence-corrected chi connectivity index (χ4v) is 3.93. The average Bonchev–Trinajstić information content (AvgIpc) is 2.10. The molecule has 0 fully saturated rings. The Morgan fingerprint density at radius 3 is 2.18 bits per heavy atom. The highest BCUT2D eigenvalue weighted by atomic mass is 79.9. The molecule has 1 N–H and O–H groups in total. The van der Waals surface area contributed by atoms with Gasteiger partial charge in [-0.1, -0.05) is 50.5 Å². The summed E-state index contributed by atoms with van der Waals surface area (Å²) in [6.45, 7) is 10.9. The van der Waals surface area contributed by atoms with Crippen LogP contribution in [0.15, 0.2) is 0 Å². The van der Waals surface area contributed by atoms with Crippen LogP contribution in [0.4, 0.5) is 0 Å². The van der Waals surface area contributed by atoms with Crippen molar-refractivity contribution < 1.29 is 8.42 Å². The van der Waals surface area contributed by atoms with Gasteiger partial charge in [0.2, 0.25) is 10.0 Å². The van der Waals surface area contributed by atoms with E-state index in [-0.39, 0.29) is 16.0 Å². The van der Waals surface area contributed by atoms with Crippen molar-refractivity contribution in [3.63, 3.8) is 0 Å². The molecule has 0 aromatic rings. The molecule has 0 saturated heterocycles. The van der Waals surface area contributed by atoms with Crippen molar-refractivity contribution in [2.24, 2.45) is 11.3 Å². The van der Waals surface area contributed by atoms with Gasteiger partial charge in [0.05, 0.1) is 5.75 Å². The number of sulfonamides is 1. The largest absolute Gasteiger partial charge is 0.214 e. The van der Waals surface area contributed by atoms with Crippen LogP contribution < -0.4 is 4.72 Å². The van der Waals surface area contributed by atoms with Crippen molar-refractivity contribution in [1.29, 1.82) is 0 Å². The monoisotopic (exact) mass is 327 g/mol. The summed E-state index contributed by atoms with van der Waals surface area (Å²) in [5, 5.41) is 0. The lowest BCUT2D eigenvalue weighted by atomic mass is 9.94. The van der Waals surface area contributed by atoms with Crippen LogP contribution in [0, 0.1) is 11.3 Å². The van der Waals surface area contributed by atoms with Crippen LogP contribution in [-0.2, 0) is 10.0 Å². The number of halogens is 1. The Labute approximate surface area is 115 Å². The van der Waals surface area contributed by atoms with E-state index >= 15 is 0 Å². The molecule has 0 radical (unpaired) electrons. The van der Waals surface area contributed by atoms with E-state index in [1.807, 2.05) is 0 Å². The maximum absolute atomic E-state index is 11.7. The molecule has 0 saturated carbocycles. The van der Waals surface area contributed by atoms with Gasteiger partial charge in [-0.3, -0.25) is 0 Å². The minimum Gasteiger partial charge on any atom is -0.214 e. The highest BCUT2D eigenvalue weighted by Crippen LogP contribution is 2.19. The Morgan fingerprint density at radius 1 is 1.24 bits per heavy atom. The third kappa shape index (κ3) is 11.2. The first-order chi connectivity index (χ1) is 7.52. The van der Waals surface area contributed by atoms with Gasteiger partial charge >= 0.3 is 0 Å². The Balaban J connectivity index is 4.02. The van der Waals surface area contributed by atoms with Gasteiger partial charge in [0.15, 0.2) is 0 Å². The predicted octanol–water partition coefficient (Wildman–Crippen LogP) is 3.15. The molecule has 0 rings (SSSR count). The first kappa shape index (κ1) is 17.4. The normalized spacial score (nSPS) is 15.2. The third-order valence-electron chi connectivity index (χ3n) is 2.37. The number of rotatable bonds is 7. The Hall–Kier alpha value is 0.390. The molecule has 0 bridgehead atoms. The van der Waals surface area contributed by atoms with E-state index < -0.39 is 10.0 Å². The van der Waals surface area contributed by atoms with Crippen LogP contribution in [0.2, 0.25) is 0 Å².